The van der Waals surface area contributed by atoms with Crippen LogP contribution in [0.4, 0.5) is 0 Å². The number of hydrogen-bond acceptors (Lipinski definition) is 0. The van der Waals surface area contributed by atoms with Crippen LogP contribution in [0.5, 0.6) is 0 Å². The maximum atomic E-state index is 2.44. The van der Waals surface area contributed by atoms with Gasteiger partial charge in [-0.15, -0.1) is 0 Å². The average Bonchev–Trinajstić information content (AvgIpc) is 3.63. The SMILES string of the molecule is CC1(C)c2ccccc2-c2ccc(-c3ccc(-c4ccc5cc(-c6ccc7c8c(cccc68)-c6ccccc6-7)ccc5c4)c4ccccc34)cc21. The maximum absolute atomic E-state index is 2.44. The van der Waals surface area contributed by atoms with Crippen molar-refractivity contribution >= 4 is 32.3 Å². The van der Waals surface area contributed by atoms with Crippen LogP contribution in [0, 0.1) is 0 Å². The fraction of sp³-hybridized carbons (Fsp3) is 0.0588. The van der Waals surface area contributed by atoms with Gasteiger partial charge in [0.1, 0.15) is 0 Å². The second-order valence-corrected chi connectivity index (χ2v) is 14.8. The van der Waals surface area contributed by atoms with E-state index in [4.69, 9.17) is 0 Å². The van der Waals surface area contributed by atoms with Crippen molar-refractivity contribution in [1.82, 2.24) is 0 Å². The molecule has 9 aromatic rings. The molecule has 0 atom stereocenters. The second-order valence-electron chi connectivity index (χ2n) is 14.8. The predicted molar refractivity (Wildman–Crippen MR) is 217 cm³/mol. The molecule has 0 heteroatoms. The van der Waals surface area contributed by atoms with Crippen molar-refractivity contribution in [2.75, 3.05) is 0 Å². The zero-order chi connectivity index (χ0) is 33.8. The van der Waals surface area contributed by atoms with Crippen molar-refractivity contribution in [1.29, 1.82) is 0 Å². The lowest BCUT2D eigenvalue weighted by atomic mass is 9.81. The highest BCUT2D eigenvalue weighted by molar-refractivity contribution is 6.19. The third kappa shape index (κ3) is 4.02. The fourth-order valence-electron chi connectivity index (χ4n) is 9.32. The number of benzene rings is 9. The van der Waals surface area contributed by atoms with Gasteiger partial charge in [-0.2, -0.15) is 0 Å². The van der Waals surface area contributed by atoms with Gasteiger partial charge in [0.15, 0.2) is 0 Å². The Morgan fingerprint density at radius 3 is 1.39 bits per heavy atom. The first-order chi connectivity index (χ1) is 25.0. The molecule has 2 aliphatic carbocycles. The summed E-state index contributed by atoms with van der Waals surface area (Å²) < 4.78 is 0. The normalized spacial score (nSPS) is 13.5. The Morgan fingerprint density at radius 1 is 0.294 bits per heavy atom. The van der Waals surface area contributed by atoms with Gasteiger partial charge in [-0.1, -0.05) is 166 Å². The van der Waals surface area contributed by atoms with Crippen molar-refractivity contribution < 1.29 is 0 Å². The largest absolute Gasteiger partial charge is 0.0619 e. The van der Waals surface area contributed by atoms with E-state index in [0.717, 1.165) is 0 Å². The Morgan fingerprint density at radius 2 is 0.725 bits per heavy atom. The first kappa shape index (κ1) is 28.6. The Bertz CT molecular complexity index is 2910. The third-order valence-electron chi connectivity index (χ3n) is 11.8. The molecule has 0 bridgehead atoms. The zero-order valence-corrected chi connectivity index (χ0v) is 28.7. The zero-order valence-electron chi connectivity index (χ0n) is 28.7. The molecule has 0 aliphatic heterocycles. The van der Waals surface area contributed by atoms with Crippen molar-refractivity contribution in [3.63, 3.8) is 0 Å². The summed E-state index contributed by atoms with van der Waals surface area (Å²) in [7, 11) is 0. The molecule has 51 heavy (non-hydrogen) atoms. The Labute approximate surface area is 298 Å². The molecular weight excluding hydrogens is 613 g/mol. The number of hydrogen-bond donors (Lipinski definition) is 0. The molecule has 0 nitrogen and oxygen atoms in total. The Kier molecular flexibility index (Phi) is 5.82. The van der Waals surface area contributed by atoms with Crippen LogP contribution in [-0.4, -0.2) is 0 Å². The topological polar surface area (TPSA) is 0 Å². The minimum Gasteiger partial charge on any atom is -0.0619 e. The first-order valence-corrected chi connectivity index (χ1v) is 18.0. The maximum Gasteiger partial charge on any atom is 0.0159 e. The molecule has 238 valence electrons. The number of fused-ring (bicyclic) bond motifs is 8. The van der Waals surface area contributed by atoms with Crippen LogP contribution in [0.25, 0.3) is 99.1 Å². The molecule has 0 spiro atoms. The van der Waals surface area contributed by atoms with Crippen molar-refractivity contribution in [3.8, 4) is 66.8 Å². The Balaban J connectivity index is 0.988. The molecule has 0 amide bonds. The molecule has 0 radical (unpaired) electrons. The van der Waals surface area contributed by atoms with Crippen LogP contribution in [0.2, 0.25) is 0 Å². The molecule has 0 saturated carbocycles. The quantitative estimate of drug-likeness (QED) is 0.179. The van der Waals surface area contributed by atoms with E-state index in [9.17, 15) is 0 Å². The molecule has 0 N–H and O–H groups in total. The van der Waals surface area contributed by atoms with Gasteiger partial charge in [0.2, 0.25) is 0 Å². The van der Waals surface area contributed by atoms with Crippen LogP contribution in [-0.2, 0) is 5.41 Å². The lowest BCUT2D eigenvalue weighted by Gasteiger charge is -2.22. The molecular formula is C51H34. The lowest BCUT2D eigenvalue weighted by Crippen LogP contribution is -2.14. The fourth-order valence-corrected chi connectivity index (χ4v) is 9.32. The monoisotopic (exact) mass is 646 g/mol. The summed E-state index contributed by atoms with van der Waals surface area (Å²) in [4.78, 5) is 0. The van der Waals surface area contributed by atoms with Gasteiger partial charge < -0.3 is 0 Å². The average molecular weight is 647 g/mol. The van der Waals surface area contributed by atoms with Gasteiger partial charge in [0.05, 0.1) is 0 Å². The van der Waals surface area contributed by atoms with Gasteiger partial charge in [0, 0.05) is 5.41 Å². The molecule has 9 aromatic carbocycles. The van der Waals surface area contributed by atoms with E-state index < -0.39 is 0 Å². The van der Waals surface area contributed by atoms with E-state index in [1.54, 1.807) is 0 Å². The van der Waals surface area contributed by atoms with Crippen LogP contribution in [0.3, 0.4) is 0 Å². The second kappa shape index (κ2) is 10.4. The summed E-state index contributed by atoms with van der Waals surface area (Å²) in [5, 5.41) is 7.76. The molecule has 0 saturated heterocycles. The first-order valence-electron chi connectivity index (χ1n) is 18.0. The highest BCUT2D eigenvalue weighted by atomic mass is 14.4. The van der Waals surface area contributed by atoms with Gasteiger partial charge in [-0.25, -0.2) is 0 Å². The van der Waals surface area contributed by atoms with E-state index >= 15 is 0 Å². The van der Waals surface area contributed by atoms with Crippen LogP contribution in [0.15, 0.2) is 170 Å². The standard InChI is InChI=1S/C51H34/c1-51(2)48-17-8-7-14-43(48)44-23-22-35(30-49(44)51)37-25-24-36(39-10-3-4-11-40(37)39)33-20-18-32-29-34(21-19-31(32)28-33)38-26-27-47-42-13-6-5-12-41(42)46-16-9-15-45(38)50(46)47/h3-30H,1-2H3. The van der Waals surface area contributed by atoms with Crippen LogP contribution >= 0.6 is 0 Å². The molecule has 0 unspecified atom stereocenters. The van der Waals surface area contributed by atoms with E-state index in [0.29, 0.717) is 0 Å². The smallest absolute Gasteiger partial charge is 0.0159 e. The van der Waals surface area contributed by atoms with Crippen molar-refractivity contribution in [3.05, 3.63) is 181 Å². The van der Waals surface area contributed by atoms with Crippen LogP contribution in [0.1, 0.15) is 25.0 Å². The van der Waals surface area contributed by atoms with Gasteiger partial charge >= 0.3 is 0 Å². The molecule has 0 aromatic heterocycles. The van der Waals surface area contributed by atoms with Crippen molar-refractivity contribution in [2.45, 2.75) is 19.3 Å². The highest BCUT2D eigenvalue weighted by Gasteiger charge is 2.35. The highest BCUT2D eigenvalue weighted by Crippen LogP contribution is 2.51. The number of rotatable bonds is 3. The molecule has 2 aliphatic rings. The summed E-state index contributed by atoms with van der Waals surface area (Å²) in [5.41, 5.74) is 18.5. The minimum absolute atomic E-state index is 0.0250. The van der Waals surface area contributed by atoms with E-state index in [1.807, 2.05) is 0 Å². The van der Waals surface area contributed by atoms with Crippen molar-refractivity contribution in [2.24, 2.45) is 0 Å². The molecule has 0 heterocycles. The summed E-state index contributed by atoms with van der Waals surface area (Å²) in [6.07, 6.45) is 0. The third-order valence-corrected chi connectivity index (χ3v) is 11.8. The van der Waals surface area contributed by atoms with E-state index in [-0.39, 0.29) is 5.41 Å². The minimum atomic E-state index is -0.0250. The van der Waals surface area contributed by atoms with Gasteiger partial charge in [-0.05, 0) is 128 Å². The summed E-state index contributed by atoms with van der Waals surface area (Å²) in [5.74, 6) is 0. The van der Waals surface area contributed by atoms with Gasteiger partial charge in [0.25, 0.3) is 0 Å². The van der Waals surface area contributed by atoms with Gasteiger partial charge in [-0.3, -0.25) is 0 Å². The lowest BCUT2D eigenvalue weighted by molar-refractivity contribution is 0.660. The molecule has 0 fully saturated rings. The Hall–Kier alpha value is -6.24. The predicted octanol–water partition coefficient (Wildman–Crippen LogP) is 14.1. The van der Waals surface area contributed by atoms with Crippen LogP contribution < -0.4 is 0 Å². The van der Waals surface area contributed by atoms with E-state index in [1.165, 1.54) is 110 Å². The summed E-state index contributed by atoms with van der Waals surface area (Å²) in [6, 6.07) is 63.6. The summed E-state index contributed by atoms with van der Waals surface area (Å²) in [6.45, 7) is 4.72. The summed E-state index contributed by atoms with van der Waals surface area (Å²) >= 11 is 0. The molecule has 11 rings (SSSR count). The van der Waals surface area contributed by atoms with E-state index in [2.05, 4.69) is 184 Å².